The fraction of sp³-hybridized carbons (Fsp3) is 0.379. The van der Waals surface area contributed by atoms with Gasteiger partial charge in [0.1, 0.15) is 0 Å². The molecule has 1 atom stereocenters. The van der Waals surface area contributed by atoms with E-state index in [1.807, 2.05) is 0 Å². The molecule has 2 N–H and O–H groups in total. The number of dihydropyridines is 1. The molecule has 0 spiro atoms. The fourth-order valence-electron chi connectivity index (χ4n) is 4.48. The highest BCUT2D eigenvalue weighted by Crippen LogP contribution is 2.40. The smallest absolute Gasteiger partial charge is 0.336 e. The number of aliphatic hydroxyl groups excluding tert-OH is 1. The van der Waals surface area contributed by atoms with Crippen LogP contribution >= 0.6 is 11.8 Å². The number of hydrogen-bond acceptors (Lipinski definition) is 9. The van der Waals surface area contributed by atoms with E-state index < -0.39 is 22.8 Å². The Hall–Kier alpha value is -3.63. The van der Waals surface area contributed by atoms with Gasteiger partial charge in [0, 0.05) is 40.8 Å². The molecule has 3 rings (SSSR count). The second-order valence-electron chi connectivity index (χ2n) is 9.14. The van der Waals surface area contributed by atoms with E-state index in [0.717, 1.165) is 29.9 Å². The number of nitrogens with zero attached hydrogens (tertiary/aromatic N) is 1. The van der Waals surface area contributed by atoms with E-state index in [2.05, 4.69) is 29.6 Å². The Kier molecular flexibility index (Phi) is 11.1. The van der Waals surface area contributed by atoms with Crippen molar-refractivity contribution in [1.82, 2.24) is 5.32 Å². The number of aliphatic hydroxyl groups is 1. The van der Waals surface area contributed by atoms with E-state index in [1.54, 1.807) is 31.7 Å². The van der Waals surface area contributed by atoms with Gasteiger partial charge in [-0.25, -0.2) is 9.59 Å². The first-order valence-corrected chi connectivity index (χ1v) is 13.8. The number of aryl methyl sites for hydroxylation is 1. The van der Waals surface area contributed by atoms with Crippen LogP contribution < -0.4 is 5.32 Å². The summed E-state index contributed by atoms with van der Waals surface area (Å²) < 4.78 is 10.6. The van der Waals surface area contributed by atoms with E-state index in [9.17, 15) is 19.7 Å². The summed E-state index contributed by atoms with van der Waals surface area (Å²) in [6.45, 7) is 3.80. The summed E-state index contributed by atoms with van der Waals surface area (Å²) in [5, 5.41) is 23.4. The van der Waals surface area contributed by atoms with Gasteiger partial charge in [0.05, 0.1) is 35.7 Å². The second-order valence-corrected chi connectivity index (χ2v) is 10.3. The van der Waals surface area contributed by atoms with Gasteiger partial charge in [-0.3, -0.25) is 10.1 Å². The number of carbonyl (C=O) groups is 2. The molecule has 10 heteroatoms. The number of nitro groups is 1. The predicted octanol–water partition coefficient (Wildman–Crippen LogP) is 5.04. The maximum Gasteiger partial charge on any atom is 0.336 e. The molecule has 2 aromatic carbocycles. The lowest BCUT2D eigenvalue weighted by atomic mass is 9.80. The van der Waals surface area contributed by atoms with Crippen molar-refractivity contribution in [1.29, 1.82) is 0 Å². The number of benzene rings is 2. The number of non-ortho nitro benzene ring substituents is 1. The molecule has 0 radical (unpaired) electrons. The molecule has 0 aliphatic carbocycles. The molecule has 0 amide bonds. The van der Waals surface area contributed by atoms with Crippen molar-refractivity contribution in [2.75, 3.05) is 26.1 Å². The third-order valence-corrected chi connectivity index (χ3v) is 7.49. The molecule has 1 unspecified atom stereocenters. The Morgan fingerprint density at radius 1 is 1.03 bits per heavy atom. The van der Waals surface area contributed by atoms with Crippen molar-refractivity contribution >= 4 is 29.4 Å². The minimum atomic E-state index is -0.878. The minimum absolute atomic E-state index is 0.145. The first-order chi connectivity index (χ1) is 18.8. The number of thioether (sulfide) groups is 1. The summed E-state index contributed by atoms with van der Waals surface area (Å²) >= 11 is 1.67. The first kappa shape index (κ1) is 29.9. The van der Waals surface area contributed by atoms with E-state index >= 15 is 0 Å². The third-order valence-electron chi connectivity index (χ3n) is 6.39. The second kappa shape index (κ2) is 14.5. The van der Waals surface area contributed by atoms with Crippen LogP contribution in [0.5, 0.6) is 0 Å². The van der Waals surface area contributed by atoms with E-state index in [4.69, 9.17) is 14.6 Å². The Balaban J connectivity index is 1.67. The lowest BCUT2D eigenvalue weighted by molar-refractivity contribution is -0.384. The van der Waals surface area contributed by atoms with Crippen molar-refractivity contribution in [2.24, 2.45) is 0 Å². The van der Waals surface area contributed by atoms with Gasteiger partial charge in [0.15, 0.2) is 0 Å². The van der Waals surface area contributed by atoms with Gasteiger partial charge in [0.25, 0.3) is 5.69 Å². The van der Waals surface area contributed by atoms with Gasteiger partial charge in [-0.15, -0.1) is 11.8 Å². The van der Waals surface area contributed by atoms with Gasteiger partial charge in [-0.05, 0) is 62.8 Å². The largest absolute Gasteiger partial charge is 0.466 e. The maximum absolute atomic E-state index is 13.3. The highest BCUT2D eigenvalue weighted by molar-refractivity contribution is 7.99. The summed E-state index contributed by atoms with van der Waals surface area (Å²) in [5.74, 6) is -1.36. The van der Waals surface area contributed by atoms with E-state index in [0.29, 0.717) is 23.4 Å². The Bertz CT molecular complexity index is 1250. The quantitative estimate of drug-likeness (QED) is 0.115. The van der Waals surface area contributed by atoms with Crippen LogP contribution in [0.25, 0.3) is 0 Å². The predicted molar refractivity (Wildman–Crippen MR) is 149 cm³/mol. The first-order valence-electron chi connectivity index (χ1n) is 12.8. The number of allylic oxidation sites excluding steroid dienone is 2. The number of rotatable bonds is 13. The number of carbonyl (C=O) groups excluding carboxylic acids is 2. The number of esters is 2. The number of unbranched alkanes of at least 4 members (excludes halogenated alkanes) is 1. The SMILES string of the molecule is COC(=O)C1=C(C)NC(C)=C(C(=O)OCCCSc2ccc(CCCCO)cc2)C1c1cccc([N+](=O)[O-])c1. The summed E-state index contributed by atoms with van der Waals surface area (Å²) in [6.07, 6.45) is 3.32. The van der Waals surface area contributed by atoms with Crippen LogP contribution in [0, 0.1) is 10.1 Å². The van der Waals surface area contributed by atoms with Gasteiger partial charge in [-0.2, -0.15) is 0 Å². The highest BCUT2D eigenvalue weighted by atomic mass is 32.2. The molecule has 1 aliphatic heterocycles. The summed E-state index contributed by atoms with van der Waals surface area (Å²) in [4.78, 5) is 38.0. The normalized spacial score (nSPS) is 15.1. The molecule has 0 fully saturated rings. The van der Waals surface area contributed by atoms with Crippen molar-refractivity contribution in [3.8, 4) is 0 Å². The van der Waals surface area contributed by atoms with Crippen molar-refractivity contribution in [3.05, 3.63) is 92.3 Å². The van der Waals surface area contributed by atoms with Crippen LogP contribution in [0.1, 0.15) is 50.2 Å². The lowest BCUT2D eigenvalue weighted by Gasteiger charge is -2.30. The zero-order chi connectivity index (χ0) is 28.4. The fourth-order valence-corrected chi connectivity index (χ4v) is 5.31. The number of nitro benzene ring substituents is 1. The number of ether oxygens (including phenoxy) is 2. The average molecular weight is 555 g/mol. The average Bonchev–Trinajstić information content (AvgIpc) is 2.93. The van der Waals surface area contributed by atoms with Crippen molar-refractivity contribution < 1.29 is 29.1 Å². The van der Waals surface area contributed by atoms with Crippen LogP contribution in [0.3, 0.4) is 0 Å². The van der Waals surface area contributed by atoms with Crippen molar-refractivity contribution in [3.63, 3.8) is 0 Å². The number of methoxy groups -OCH3 is 1. The Labute approximate surface area is 232 Å². The molecular weight excluding hydrogens is 520 g/mol. The summed E-state index contributed by atoms with van der Waals surface area (Å²) in [7, 11) is 1.25. The van der Waals surface area contributed by atoms with Crippen LogP contribution in [0.15, 0.2) is 76.0 Å². The molecular formula is C29H34N2O7S. The molecule has 0 bridgehead atoms. The molecule has 1 heterocycles. The van der Waals surface area contributed by atoms with E-state index in [1.165, 1.54) is 30.9 Å². The molecule has 9 nitrogen and oxygen atoms in total. The zero-order valence-corrected chi connectivity index (χ0v) is 23.2. The van der Waals surface area contributed by atoms with Gasteiger partial charge in [-0.1, -0.05) is 24.3 Å². The van der Waals surface area contributed by atoms with Crippen molar-refractivity contribution in [2.45, 2.75) is 50.3 Å². The summed E-state index contributed by atoms with van der Waals surface area (Å²) in [6, 6.07) is 14.2. The summed E-state index contributed by atoms with van der Waals surface area (Å²) in [5.41, 5.74) is 2.94. The highest BCUT2D eigenvalue weighted by Gasteiger charge is 2.38. The zero-order valence-electron chi connectivity index (χ0n) is 22.4. The molecule has 0 saturated heterocycles. The molecule has 39 heavy (non-hydrogen) atoms. The van der Waals surface area contributed by atoms with Crippen LogP contribution in [-0.2, 0) is 25.5 Å². The van der Waals surface area contributed by atoms with Gasteiger partial charge >= 0.3 is 11.9 Å². The Morgan fingerprint density at radius 2 is 1.72 bits per heavy atom. The molecule has 0 aromatic heterocycles. The molecule has 2 aromatic rings. The monoisotopic (exact) mass is 554 g/mol. The van der Waals surface area contributed by atoms with Gasteiger partial charge in [0.2, 0.25) is 0 Å². The third kappa shape index (κ3) is 7.93. The number of hydrogen-bond donors (Lipinski definition) is 2. The molecule has 208 valence electrons. The molecule has 1 aliphatic rings. The topological polar surface area (TPSA) is 128 Å². The Morgan fingerprint density at radius 3 is 2.36 bits per heavy atom. The number of nitrogens with one attached hydrogen (secondary N) is 1. The maximum atomic E-state index is 13.3. The van der Waals surface area contributed by atoms with Crippen LogP contribution in [-0.4, -0.2) is 48.0 Å². The van der Waals surface area contributed by atoms with Crippen LogP contribution in [0.4, 0.5) is 5.69 Å². The van der Waals surface area contributed by atoms with Crippen LogP contribution in [0.2, 0.25) is 0 Å². The minimum Gasteiger partial charge on any atom is -0.466 e. The standard InChI is InChI=1S/C29H34N2O7S/c1-19-25(28(33)37-3)27(22-9-6-10-23(18-22)31(35)36)26(20(2)30-19)29(34)38-16-7-17-39-24-13-11-21(12-14-24)8-4-5-15-32/h6,9-14,18,27,30,32H,4-5,7-8,15-17H2,1-3H3. The van der Waals surface area contributed by atoms with E-state index in [-0.39, 0.29) is 30.0 Å². The lowest BCUT2D eigenvalue weighted by Crippen LogP contribution is -2.32. The molecule has 0 saturated carbocycles. The van der Waals surface area contributed by atoms with Gasteiger partial charge < -0.3 is 19.9 Å².